The van der Waals surface area contributed by atoms with Gasteiger partial charge >= 0.3 is 0 Å². The molecule has 2 N–H and O–H groups in total. The molecule has 0 bridgehead atoms. The Labute approximate surface area is 357 Å². The number of para-hydroxylation sites is 2. The van der Waals surface area contributed by atoms with Crippen LogP contribution >= 0.6 is 0 Å². The van der Waals surface area contributed by atoms with E-state index in [2.05, 4.69) is 34.4 Å². The van der Waals surface area contributed by atoms with Crippen molar-refractivity contribution in [3.8, 4) is 34.0 Å². The van der Waals surface area contributed by atoms with Crippen molar-refractivity contribution < 1.29 is 38.0 Å². The van der Waals surface area contributed by atoms with Crippen LogP contribution in [0.4, 0.5) is 11.4 Å². The first-order valence-corrected chi connectivity index (χ1v) is 20.0. The maximum atomic E-state index is 13.5. The standard InChI is InChI=1S/C24H22N4O3.C24H22N2O5/c1-14(2)21-20-22(26-25-21)24(29)28(23(20)17-6-4-5-7-19(17)30-3)16-10-8-15(9-11-16)18-12-13-31-27-18;1-14(2)22(27)20-21(17-6-4-5-7-19(17)30-3)26(24(29)23(20)28)16-10-8-15(9-11-16)18-12-13-31-25-18/h4-14,23H,1-3H3,(H,25,26);4-14,21,28H,1-3H3. The lowest BCUT2D eigenvalue weighted by atomic mass is 9.90. The van der Waals surface area contributed by atoms with Gasteiger partial charge in [-0.05, 0) is 42.3 Å². The summed E-state index contributed by atoms with van der Waals surface area (Å²) in [6, 6.07) is 32.2. The highest BCUT2D eigenvalue weighted by Crippen LogP contribution is 2.47. The van der Waals surface area contributed by atoms with Gasteiger partial charge in [-0.3, -0.25) is 29.3 Å². The Hall–Kier alpha value is -7.74. The Bertz CT molecular complexity index is 2750. The second-order valence-electron chi connectivity index (χ2n) is 15.3. The lowest BCUT2D eigenvalue weighted by Crippen LogP contribution is -2.31. The van der Waals surface area contributed by atoms with Crippen molar-refractivity contribution in [2.24, 2.45) is 5.92 Å². The summed E-state index contributed by atoms with van der Waals surface area (Å²) in [5.41, 5.74) is 8.39. The number of rotatable bonds is 11. The zero-order chi connectivity index (χ0) is 43.7. The fraction of sp³-hybridized carbons (Fsp3) is 0.208. The number of nitrogens with one attached hydrogen (secondary N) is 1. The number of carbonyl (C=O) groups excluding carboxylic acids is 3. The van der Waals surface area contributed by atoms with Crippen LogP contribution in [-0.4, -0.2) is 57.4 Å². The normalized spacial score (nSPS) is 15.9. The van der Waals surface area contributed by atoms with Gasteiger partial charge in [0.05, 0.1) is 31.9 Å². The van der Waals surface area contributed by atoms with E-state index in [1.807, 2.05) is 54.6 Å². The summed E-state index contributed by atoms with van der Waals surface area (Å²) < 4.78 is 21.0. The maximum absolute atomic E-state index is 13.5. The van der Waals surface area contributed by atoms with Crippen LogP contribution in [0.1, 0.15) is 78.6 Å². The summed E-state index contributed by atoms with van der Waals surface area (Å²) in [4.78, 5) is 42.9. The first-order valence-electron chi connectivity index (χ1n) is 20.0. The van der Waals surface area contributed by atoms with Crippen LogP contribution in [0.2, 0.25) is 0 Å². The molecule has 2 unspecified atom stereocenters. The second kappa shape index (κ2) is 17.1. The molecular formula is C48H44N6O8. The number of ketones is 1. The number of ether oxygens (including phenoxy) is 2. The van der Waals surface area contributed by atoms with Gasteiger partial charge < -0.3 is 23.6 Å². The van der Waals surface area contributed by atoms with E-state index in [1.165, 1.54) is 24.5 Å². The Kier molecular flexibility index (Phi) is 11.3. The molecular weight excluding hydrogens is 789 g/mol. The molecule has 14 heteroatoms. The molecule has 5 heterocycles. The van der Waals surface area contributed by atoms with Crippen molar-refractivity contribution in [2.45, 2.75) is 45.7 Å². The van der Waals surface area contributed by atoms with Crippen LogP contribution in [0.3, 0.4) is 0 Å². The average Bonchev–Trinajstić information content (AvgIpc) is 4.16. The molecule has 0 aliphatic carbocycles. The molecule has 62 heavy (non-hydrogen) atoms. The molecule has 0 radical (unpaired) electrons. The second-order valence-corrected chi connectivity index (χ2v) is 15.3. The number of benzene rings is 4. The molecule has 2 atom stereocenters. The highest BCUT2D eigenvalue weighted by Gasteiger charge is 2.46. The van der Waals surface area contributed by atoms with Crippen molar-refractivity contribution in [3.05, 3.63) is 161 Å². The number of anilines is 2. The van der Waals surface area contributed by atoms with Crippen LogP contribution in [-0.2, 0) is 9.59 Å². The van der Waals surface area contributed by atoms with Gasteiger partial charge in [-0.1, -0.05) is 98.7 Å². The lowest BCUT2D eigenvalue weighted by molar-refractivity contribution is -0.119. The van der Waals surface area contributed by atoms with Crippen molar-refractivity contribution in [3.63, 3.8) is 0 Å². The van der Waals surface area contributed by atoms with Crippen molar-refractivity contribution >= 4 is 29.0 Å². The summed E-state index contributed by atoms with van der Waals surface area (Å²) in [5.74, 6) is -0.537. The molecule has 14 nitrogen and oxygen atoms in total. The van der Waals surface area contributed by atoms with E-state index in [4.69, 9.17) is 18.5 Å². The zero-order valence-corrected chi connectivity index (χ0v) is 34.9. The molecule has 0 spiro atoms. The Morgan fingerprint density at radius 2 is 1.16 bits per heavy atom. The van der Waals surface area contributed by atoms with E-state index >= 15 is 0 Å². The monoisotopic (exact) mass is 832 g/mol. The van der Waals surface area contributed by atoms with Gasteiger partial charge in [-0.2, -0.15) is 5.10 Å². The first kappa shape index (κ1) is 41.0. The topological polar surface area (TPSA) is 177 Å². The van der Waals surface area contributed by atoms with E-state index in [9.17, 15) is 19.5 Å². The minimum atomic E-state index is -0.809. The van der Waals surface area contributed by atoms with Gasteiger partial charge in [0, 0.05) is 62.9 Å². The van der Waals surface area contributed by atoms with Crippen molar-refractivity contribution in [2.75, 3.05) is 24.0 Å². The minimum absolute atomic E-state index is 0.0741. The highest BCUT2D eigenvalue weighted by atomic mass is 16.5. The van der Waals surface area contributed by atoms with E-state index in [-0.39, 0.29) is 29.2 Å². The number of nitrogens with zero attached hydrogens (tertiary/aromatic N) is 5. The van der Waals surface area contributed by atoms with Crippen molar-refractivity contribution in [1.29, 1.82) is 0 Å². The molecule has 2 amide bonds. The van der Waals surface area contributed by atoms with Gasteiger partial charge in [0.1, 0.15) is 35.4 Å². The Morgan fingerprint density at radius 1 is 0.677 bits per heavy atom. The number of methoxy groups -OCH3 is 2. The molecule has 314 valence electrons. The van der Waals surface area contributed by atoms with Crippen LogP contribution in [0.15, 0.2) is 142 Å². The smallest absolute Gasteiger partial charge is 0.294 e. The van der Waals surface area contributed by atoms with E-state index < -0.39 is 23.6 Å². The first-order chi connectivity index (χ1) is 30.0. The number of H-pyrrole nitrogens is 1. The highest BCUT2D eigenvalue weighted by molar-refractivity contribution is 6.17. The number of aliphatic hydroxyl groups is 1. The number of fused-ring (bicyclic) bond motifs is 1. The van der Waals surface area contributed by atoms with Gasteiger partial charge in [0.25, 0.3) is 11.8 Å². The summed E-state index contributed by atoms with van der Waals surface area (Å²) in [6.07, 6.45) is 3.02. The quantitative estimate of drug-likeness (QED) is 0.127. The minimum Gasteiger partial charge on any atom is -0.503 e. The number of carbonyl (C=O) groups is 3. The van der Waals surface area contributed by atoms with Gasteiger partial charge in [-0.25, -0.2) is 0 Å². The molecule has 7 aromatic rings. The summed E-state index contributed by atoms with van der Waals surface area (Å²) >= 11 is 0. The molecule has 2 aliphatic rings. The number of aromatic nitrogens is 4. The van der Waals surface area contributed by atoms with Crippen LogP contribution in [0, 0.1) is 5.92 Å². The average molecular weight is 833 g/mol. The number of hydrogen-bond acceptors (Lipinski definition) is 11. The number of Topliss-reactive ketones (excluding diaryl/α,β-unsaturated/α-hetero) is 1. The number of aliphatic hydroxyl groups excluding tert-OH is 1. The summed E-state index contributed by atoms with van der Waals surface area (Å²) in [5, 5.41) is 26.1. The third kappa shape index (κ3) is 7.29. The fourth-order valence-corrected chi connectivity index (χ4v) is 7.99. The van der Waals surface area contributed by atoms with E-state index in [0.717, 1.165) is 45.1 Å². The molecule has 2 aliphatic heterocycles. The van der Waals surface area contributed by atoms with E-state index in [1.54, 1.807) is 80.5 Å². The maximum Gasteiger partial charge on any atom is 0.294 e. The SMILES string of the molecule is COc1ccccc1C1C(C(=O)C(C)C)=C(O)C(=O)N1c1ccc(-c2ccon2)cc1.COc1ccccc1C1c2c(n[nH]c2C(C)C)C(=O)N1c1ccc(-c2ccon2)cc1. The Balaban J connectivity index is 0.000000171. The third-order valence-corrected chi connectivity index (χ3v) is 11.0. The van der Waals surface area contributed by atoms with Crippen LogP contribution < -0.4 is 19.3 Å². The lowest BCUT2D eigenvalue weighted by Gasteiger charge is -2.28. The summed E-state index contributed by atoms with van der Waals surface area (Å²) in [6.45, 7) is 7.66. The van der Waals surface area contributed by atoms with Gasteiger partial charge in [-0.15, -0.1) is 0 Å². The Morgan fingerprint density at radius 3 is 1.61 bits per heavy atom. The molecule has 0 saturated heterocycles. The number of aromatic amines is 1. The largest absolute Gasteiger partial charge is 0.503 e. The van der Waals surface area contributed by atoms with Gasteiger partial charge in [0.15, 0.2) is 17.2 Å². The van der Waals surface area contributed by atoms with E-state index in [0.29, 0.717) is 28.4 Å². The fourth-order valence-electron chi connectivity index (χ4n) is 7.99. The molecule has 3 aromatic heterocycles. The zero-order valence-electron chi connectivity index (χ0n) is 34.9. The molecule has 0 saturated carbocycles. The van der Waals surface area contributed by atoms with Crippen LogP contribution in [0.25, 0.3) is 22.5 Å². The predicted molar refractivity (Wildman–Crippen MR) is 231 cm³/mol. The number of hydrogen-bond donors (Lipinski definition) is 2. The van der Waals surface area contributed by atoms with Gasteiger partial charge in [0.2, 0.25) is 0 Å². The number of amides is 2. The third-order valence-electron chi connectivity index (χ3n) is 11.0. The summed E-state index contributed by atoms with van der Waals surface area (Å²) in [7, 11) is 3.17. The molecule has 4 aromatic carbocycles. The predicted octanol–water partition coefficient (Wildman–Crippen LogP) is 9.42. The van der Waals surface area contributed by atoms with Crippen LogP contribution in [0.5, 0.6) is 11.5 Å². The van der Waals surface area contributed by atoms with Crippen molar-refractivity contribution in [1.82, 2.24) is 20.5 Å². The molecule has 9 rings (SSSR count). The molecule has 0 fully saturated rings.